The van der Waals surface area contributed by atoms with Gasteiger partial charge in [-0.25, -0.2) is 4.79 Å². The van der Waals surface area contributed by atoms with Crippen LogP contribution >= 0.6 is 0 Å². The number of aromatic carboxylic acids is 1. The van der Waals surface area contributed by atoms with Gasteiger partial charge in [-0.05, 0) is 19.1 Å². The molecule has 0 atom stereocenters. The number of rotatable bonds is 1. The Morgan fingerprint density at radius 3 is 2.86 bits per heavy atom. The van der Waals surface area contributed by atoms with Gasteiger partial charge in [0.15, 0.2) is 0 Å². The van der Waals surface area contributed by atoms with Gasteiger partial charge in [0.2, 0.25) is 0 Å². The lowest BCUT2D eigenvalue weighted by Gasteiger charge is -1.97. The fourth-order valence-corrected chi connectivity index (χ4v) is 1.58. The van der Waals surface area contributed by atoms with E-state index in [-0.39, 0.29) is 0 Å². The number of fused-ring (bicyclic) bond motifs is 1. The highest BCUT2D eigenvalue weighted by Gasteiger charge is 2.13. The summed E-state index contributed by atoms with van der Waals surface area (Å²) in [6.07, 6.45) is 0. The number of carboxylic acids is 1. The monoisotopic (exact) mass is 190 g/mol. The van der Waals surface area contributed by atoms with Crippen LogP contribution in [0.25, 0.3) is 10.9 Å². The van der Waals surface area contributed by atoms with E-state index in [9.17, 15) is 4.79 Å². The third kappa shape index (κ3) is 1.08. The normalized spacial score (nSPS) is 10.7. The molecule has 72 valence electrons. The van der Waals surface area contributed by atoms with Gasteiger partial charge in [0, 0.05) is 18.1 Å². The Bertz CT molecular complexity index is 514. The van der Waals surface area contributed by atoms with Crippen LogP contribution in [-0.2, 0) is 7.05 Å². The maximum absolute atomic E-state index is 10.9. The first kappa shape index (κ1) is 8.74. The molecular formula is C10H10N2O2. The molecule has 0 unspecified atom stereocenters. The van der Waals surface area contributed by atoms with Crippen LogP contribution in [0.4, 0.5) is 0 Å². The molecule has 0 bridgehead atoms. The van der Waals surface area contributed by atoms with Crippen LogP contribution < -0.4 is 0 Å². The lowest BCUT2D eigenvalue weighted by atomic mass is 10.1. The molecule has 0 radical (unpaired) electrons. The molecule has 0 amide bonds. The zero-order chi connectivity index (χ0) is 10.3. The van der Waals surface area contributed by atoms with E-state index in [1.54, 1.807) is 23.9 Å². The van der Waals surface area contributed by atoms with E-state index in [0.717, 1.165) is 16.6 Å². The Kier molecular flexibility index (Phi) is 1.77. The smallest absolute Gasteiger partial charge is 0.336 e. The minimum atomic E-state index is -0.910. The number of carboxylic acid groups (broad SMARTS) is 1. The van der Waals surface area contributed by atoms with Gasteiger partial charge in [0.1, 0.15) is 0 Å². The van der Waals surface area contributed by atoms with Crippen molar-refractivity contribution in [3.63, 3.8) is 0 Å². The second-order valence-electron chi connectivity index (χ2n) is 3.21. The predicted octanol–water partition coefficient (Wildman–Crippen LogP) is 1.58. The molecule has 0 aliphatic rings. The van der Waals surface area contributed by atoms with Crippen molar-refractivity contribution in [2.75, 3.05) is 0 Å². The van der Waals surface area contributed by atoms with Crippen molar-refractivity contribution >= 4 is 16.9 Å². The third-order valence-electron chi connectivity index (χ3n) is 2.38. The summed E-state index contributed by atoms with van der Waals surface area (Å²) in [5.74, 6) is -0.910. The molecule has 2 aromatic rings. The van der Waals surface area contributed by atoms with Crippen molar-refractivity contribution in [1.82, 2.24) is 9.78 Å². The minimum absolute atomic E-state index is 0.313. The quantitative estimate of drug-likeness (QED) is 0.742. The zero-order valence-electron chi connectivity index (χ0n) is 7.98. The SMILES string of the molecule is Cc1c2c(C(=O)O)cccc2nn1C. The maximum atomic E-state index is 10.9. The standard InChI is InChI=1S/C10H10N2O2/c1-6-9-7(10(13)14)4-3-5-8(9)11-12(6)2/h3-5H,1-2H3,(H,13,14). The Hall–Kier alpha value is -1.84. The number of hydrogen-bond donors (Lipinski definition) is 1. The van der Waals surface area contributed by atoms with Gasteiger partial charge >= 0.3 is 5.97 Å². The van der Waals surface area contributed by atoms with Gasteiger partial charge in [-0.3, -0.25) is 4.68 Å². The molecule has 4 nitrogen and oxygen atoms in total. The summed E-state index contributed by atoms with van der Waals surface area (Å²) in [5.41, 5.74) is 1.91. The summed E-state index contributed by atoms with van der Waals surface area (Å²) in [5, 5.41) is 13.9. The van der Waals surface area contributed by atoms with Gasteiger partial charge in [0.25, 0.3) is 0 Å². The van der Waals surface area contributed by atoms with Crippen molar-refractivity contribution in [1.29, 1.82) is 0 Å². The number of aromatic nitrogens is 2. The Balaban J connectivity index is 2.91. The highest BCUT2D eigenvalue weighted by atomic mass is 16.4. The molecule has 1 N–H and O–H groups in total. The Morgan fingerprint density at radius 1 is 1.50 bits per heavy atom. The average molecular weight is 190 g/mol. The van der Waals surface area contributed by atoms with Gasteiger partial charge in [-0.2, -0.15) is 5.10 Å². The fraction of sp³-hybridized carbons (Fsp3) is 0.200. The van der Waals surface area contributed by atoms with E-state index in [4.69, 9.17) is 5.11 Å². The predicted molar refractivity (Wildman–Crippen MR) is 52.4 cm³/mol. The molecule has 0 saturated carbocycles. The first-order valence-corrected chi connectivity index (χ1v) is 4.27. The highest BCUT2D eigenvalue weighted by molar-refractivity contribution is 6.03. The second kappa shape index (κ2) is 2.83. The highest BCUT2D eigenvalue weighted by Crippen LogP contribution is 2.21. The van der Waals surface area contributed by atoms with Crippen molar-refractivity contribution < 1.29 is 9.90 Å². The Morgan fingerprint density at radius 2 is 2.21 bits per heavy atom. The lowest BCUT2D eigenvalue weighted by Crippen LogP contribution is -1.97. The summed E-state index contributed by atoms with van der Waals surface area (Å²) in [7, 11) is 1.81. The average Bonchev–Trinajstić information content (AvgIpc) is 2.43. The first-order chi connectivity index (χ1) is 6.61. The van der Waals surface area contributed by atoms with Gasteiger partial charge in [-0.1, -0.05) is 6.07 Å². The van der Waals surface area contributed by atoms with E-state index in [0.29, 0.717) is 5.56 Å². The molecule has 2 rings (SSSR count). The van der Waals surface area contributed by atoms with E-state index in [1.807, 2.05) is 13.0 Å². The van der Waals surface area contributed by atoms with Crippen LogP contribution in [0.1, 0.15) is 16.1 Å². The zero-order valence-corrected chi connectivity index (χ0v) is 7.98. The summed E-state index contributed by atoms with van der Waals surface area (Å²) < 4.78 is 1.69. The molecule has 0 fully saturated rings. The number of carbonyl (C=O) groups is 1. The van der Waals surface area contributed by atoms with E-state index in [2.05, 4.69) is 5.10 Å². The molecule has 0 aliphatic heterocycles. The van der Waals surface area contributed by atoms with Crippen LogP contribution in [0, 0.1) is 6.92 Å². The summed E-state index contributed by atoms with van der Waals surface area (Å²) >= 11 is 0. The van der Waals surface area contributed by atoms with E-state index >= 15 is 0 Å². The third-order valence-corrected chi connectivity index (χ3v) is 2.38. The Labute approximate surface area is 80.8 Å². The minimum Gasteiger partial charge on any atom is -0.478 e. The van der Waals surface area contributed by atoms with Crippen LogP contribution in [-0.4, -0.2) is 20.9 Å². The summed E-state index contributed by atoms with van der Waals surface area (Å²) in [4.78, 5) is 10.9. The van der Waals surface area contributed by atoms with E-state index in [1.165, 1.54) is 0 Å². The largest absolute Gasteiger partial charge is 0.478 e. The molecule has 0 spiro atoms. The topological polar surface area (TPSA) is 55.1 Å². The molecule has 4 heteroatoms. The number of benzene rings is 1. The van der Waals surface area contributed by atoms with E-state index < -0.39 is 5.97 Å². The molecular weight excluding hydrogens is 180 g/mol. The lowest BCUT2D eigenvalue weighted by molar-refractivity contribution is 0.0699. The van der Waals surface area contributed by atoms with Crippen molar-refractivity contribution in [3.8, 4) is 0 Å². The molecule has 1 aromatic heterocycles. The second-order valence-corrected chi connectivity index (χ2v) is 3.21. The first-order valence-electron chi connectivity index (χ1n) is 4.27. The number of hydrogen-bond acceptors (Lipinski definition) is 2. The number of nitrogens with zero attached hydrogens (tertiary/aromatic N) is 2. The fourth-order valence-electron chi connectivity index (χ4n) is 1.58. The summed E-state index contributed by atoms with van der Waals surface area (Å²) in [6.45, 7) is 1.86. The summed E-state index contributed by atoms with van der Waals surface area (Å²) in [6, 6.07) is 5.12. The van der Waals surface area contributed by atoms with Crippen molar-refractivity contribution in [3.05, 3.63) is 29.5 Å². The number of aryl methyl sites for hydroxylation is 2. The molecule has 1 heterocycles. The van der Waals surface area contributed by atoms with Crippen LogP contribution in [0.5, 0.6) is 0 Å². The molecule has 1 aromatic carbocycles. The van der Waals surface area contributed by atoms with Gasteiger partial charge in [-0.15, -0.1) is 0 Å². The van der Waals surface area contributed by atoms with Crippen LogP contribution in [0.2, 0.25) is 0 Å². The maximum Gasteiger partial charge on any atom is 0.336 e. The van der Waals surface area contributed by atoms with Gasteiger partial charge in [0.05, 0.1) is 11.1 Å². The van der Waals surface area contributed by atoms with Gasteiger partial charge < -0.3 is 5.11 Å². The molecule has 0 aliphatic carbocycles. The van der Waals surface area contributed by atoms with Crippen molar-refractivity contribution in [2.24, 2.45) is 7.05 Å². The molecule has 14 heavy (non-hydrogen) atoms. The van der Waals surface area contributed by atoms with Crippen LogP contribution in [0.15, 0.2) is 18.2 Å². The van der Waals surface area contributed by atoms with Crippen molar-refractivity contribution in [2.45, 2.75) is 6.92 Å². The molecule has 0 saturated heterocycles. The van der Waals surface area contributed by atoms with Crippen LogP contribution in [0.3, 0.4) is 0 Å².